The lowest BCUT2D eigenvalue weighted by Gasteiger charge is -2.18. The van der Waals surface area contributed by atoms with Crippen molar-refractivity contribution in [3.8, 4) is 0 Å². The minimum atomic E-state index is -3.87. The molecule has 5 nitrogen and oxygen atoms in total. The molecule has 0 bridgehead atoms. The number of nitrogens with one attached hydrogen (secondary N) is 1. The monoisotopic (exact) mass is 315 g/mol. The molecular formula is C14H18FNO4S. The minimum absolute atomic E-state index is 0.0277. The van der Waals surface area contributed by atoms with Crippen molar-refractivity contribution in [2.45, 2.75) is 44.0 Å². The topological polar surface area (TPSA) is 83.5 Å². The fraction of sp³-hybridized carbons (Fsp3) is 0.500. The summed E-state index contributed by atoms with van der Waals surface area (Å²) in [5, 5.41) is 8.89. The Morgan fingerprint density at radius 1 is 1.38 bits per heavy atom. The molecule has 1 aromatic carbocycles. The van der Waals surface area contributed by atoms with Crippen LogP contribution in [0.4, 0.5) is 4.39 Å². The maximum absolute atomic E-state index is 13.3. The Morgan fingerprint density at radius 3 is 2.33 bits per heavy atom. The second-order valence-corrected chi connectivity index (χ2v) is 7.18. The molecular weight excluding hydrogens is 297 g/mol. The largest absolute Gasteiger partial charge is 0.481 e. The first kappa shape index (κ1) is 15.9. The number of benzene rings is 1. The number of hydrogen-bond acceptors (Lipinski definition) is 3. The van der Waals surface area contributed by atoms with Crippen LogP contribution in [0.3, 0.4) is 0 Å². The lowest BCUT2D eigenvalue weighted by Crippen LogP contribution is -2.38. The van der Waals surface area contributed by atoms with Crippen LogP contribution < -0.4 is 4.72 Å². The van der Waals surface area contributed by atoms with E-state index in [2.05, 4.69) is 4.72 Å². The Bertz CT molecular complexity index is 645. The van der Waals surface area contributed by atoms with Crippen LogP contribution in [0, 0.1) is 25.6 Å². The molecule has 1 saturated carbocycles. The van der Waals surface area contributed by atoms with E-state index >= 15 is 0 Å². The van der Waals surface area contributed by atoms with Crippen LogP contribution in [-0.4, -0.2) is 25.5 Å². The van der Waals surface area contributed by atoms with Gasteiger partial charge in [0.05, 0.1) is 11.3 Å². The number of hydrogen-bond donors (Lipinski definition) is 2. The van der Waals surface area contributed by atoms with Gasteiger partial charge in [0.2, 0.25) is 10.0 Å². The average Bonchev–Trinajstić information content (AvgIpc) is 3.07. The molecule has 0 saturated heterocycles. The van der Waals surface area contributed by atoms with E-state index in [0.717, 1.165) is 25.0 Å². The van der Waals surface area contributed by atoms with Gasteiger partial charge in [-0.05, 0) is 55.9 Å². The van der Waals surface area contributed by atoms with Crippen LogP contribution in [0.25, 0.3) is 0 Å². The fourth-order valence-electron chi connectivity index (χ4n) is 2.57. The highest BCUT2D eigenvalue weighted by Gasteiger charge is 2.36. The van der Waals surface area contributed by atoms with Gasteiger partial charge >= 0.3 is 5.97 Å². The van der Waals surface area contributed by atoms with Crippen molar-refractivity contribution in [2.24, 2.45) is 5.92 Å². The number of rotatable bonds is 6. The molecule has 0 aliphatic heterocycles. The molecule has 1 aromatic rings. The number of halogens is 1. The quantitative estimate of drug-likeness (QED) is 0.841. The standard InChI is InChI=1S/C14H18FNO4S/c1-8-5-11(15)6-9(2)14(8)21(19,20)16-12(7-13(17)18)10-3-4-10/h5-6,10,12,16H,3-4,7H2,1-2H3,(H,17,18). The zero-order chi connectivity index (χ0) is 15.8. The third-order valence-electron chi connectivity index (χ3n) is 3.59. The molecule has 2 N–H and O–H groups in total. The van der Waals surface area contributed by atoms with Gasteiger partial charge in [-0.2, -0.15) is 0 Å². The normalized spacial score (nSPS) is 16.7. The molecule has 116 valence electrons. The van der Waals surface area contributed by atoms with Crippen LogP contribution in [-0.2, 0) is 14.8 Å². The summed E-state index contributed by atoms with van der Waals surface area (Å²) in [6.45, 7) is 3.04. The Morgan fingerprint density at radius 2 is 1.90 bits per heavy atom. The highest BCUT2D eigenvalue weighted by Crippen LogP contribution is 2.35. The molecule has 0 aromatic heterocycles. The Balaban J connectivity index is 2.31. The van der Waals surface area contributed by atoms with Crippen molar-refractivity contribution in [2.75, 3.05) is 0 Å². The Kier molecular flexibility index (Phi) is 4.34. The zero-order valence-corrected chi connectivity index (χ0v) is 12.7. The van der Waals surface area contributed by atoms with Gasteiger partial charge in [-0.3, -0.25) is 4.79 Å². The second kappa shape index (κ2) is 5.73. The van der Waals surface area contributed by atoms with E-state index in [-0.39, 0.29) is 17.2 Å². The van der Waals surface area contributed by atoms with Gasteiger partial charge in [0.15, 0.2) is 0 Å². The van der Waals surface area contributed by atoms with Crippen molar-refractivity contribution < 1.29 is 22.7 Å². The number of aliphatic carboxylic acids is 1. The summed E-state index contributed by atoms with van der Waals surface area (Å²) in [7, 11) is -3.87. The number of sulfonamides is 1. The molecule has 1 atom stereocenters. The van der Waals surface area contributed by atoms with E-state index in [9.17, 15) is 17.6 Å². The maximum atomic E-state index is 13.3. The third-order valence-corrected chi connectivity index (χ3v) is 5.38. The molecule has 0 spiro atoms. The van der Waals surface area contributed by atoms with Crippen LogP contribution in [0.15, 0.2) is 17.0 Å². The first-order chi connectivity index (χ1) is 9.70. The third kappa shape index (κ3) is 3.79. The van der Waals surface area contributed by atoms with Gasteiger partial charge in [-0.1, -0.05) is 0 Å². The predicted octanol–water partition coefficient (Wildman–Crippen LogP) is 1.97. The molecule has 0 amide bonds. The lowest BCUT2D eigenvalue weighted by molar-refractivity contribution is -0.137. The lowest BCUT2D eigenvalue weighted by atomic mass is 10.1. The van der Waals surface area contributed by atoms with Crippen LogP contribution in [0.2, 0.25) is 0 Å². The van der Waals surface area contributed by atoms with Crippen molar-refractivity contribution in [3.05, 3.63) is 29.1 Å². The van der Waals surface area contributed by atoms with Crippen molar-refractivity contribution in [1.29, 1.82) is 0 Å². The van der Waals surface area contributed by atoms with Crippen LogP contribution in [0.1, 0.15) is 30.4 Å². The van der Waals surface area contributed by atoms with Crippen LogP contribution in [0.5, 0.6) is 0 Å². The fourth-order valence-corrected chi connectivity index (χ4v) is 4.33. The second-order valence-electron chi connectivity index (χ2n) is 5.53. The maximum Gasteiger partial charge on any atom is 0.304 e. The number of aryl methyl sites for hydroxylation is 2. The summed E-state index contributed by atoms with van der Waals surface area (Å²) >= 11 is 0. The summed E-state index contributed by atoms with van der Waals surface area (Å²) in [6, 6.07) is 1.70. The summed E-state index contributed by atoms with van der Waals surface area (Å²) < 4.78 is 40.7. The van der Waals surface area contributed by atoms with E-state index in [1.165, 1.54) is 13.8 Å². The molecule has 1 fully saturated rings. The summed E-state index contributed by atoms with van der Waals surface area (Å²) in [6.07, 6.45) is 1.40. The molecule has 1 unspecified atom stereocenters. The van der Waals surface area contributed by atoms with E-state index in [4.69, 9.17) is 5.11 Å². The molecule has 1 aliphatic carbocycles. The van der Waals surface area contributed by atoms with E-state index in [1.54, 1.807) is 0 Å². The van der Waals surface area contributed by atoms with Gasteiger partial charge in [-0.15, -0.1) is 0 Å². The van der Waals surface area contributed by atoms with E-state index in [1.807, 2.05) is 0 Å². The molecule has 7 heteroatoms. The highest BCUT2D eigenvalue weighted by molar-refractivity contribution is 7.89. The number of carboxylic acids is 1. The zero-order valence-electron chi connectivity index (χ0n) is 11.9. The summed E-state index contributed by atoms with van der Waals surface area (Å²) in [4.78, 5) is 10.9. The first-order valence-corrected chi connectivity index (χ1v) is 8.20. The SMILES string of the molecule is Cc1cc(F)cc(C)c1S(=O)(=O)NC(CC(=O)O)C1CC1. The summed E-state index contributed by atoms with van der Waals surface area (Å²) in [5.41, 5.74) is 0.620. The van der Waals surface area contributed by atoms with E-state index < -0.39 is 27.9 Å². The van der Waals surface area contributed by atoms with Crippen LogP contribution >= 0.6 is 0 Å². The molecule has 1 aliphatic rings. The van der Waals surface area contributed by atoms with Gasteiger partial charge in [0, 0.05) is 6.04 Å². The van der Waals surface area contributed by atoms with Crippen molar-refractivity contribution in [1.82, 2.24) is 4.72 Å². The molecule has 2 rings (SSSR count). The van der Waals surface area contributed by atoms with Gasteiger partial charge < -0.3 is 5.11 Å². The first-order valence-electron chi connectivity index (χ1n) is 6.71. The number of carbonyl (C=O) groups is 1. The number of carboxylic acid groups (broad SMARTS) is 1. The predicted molar refractivity (Wildman–Crippen MR) is 75.0 cm³/mol. The van der Waals surface area contributed by atoms with Crippen molar-refractivity contribution >= 4 is 16.0 Å². The van der Waals surface area contributed by atoms with Crippen molar-refractivity contribution in [3.63, 3.8) is 0 Å². The molecule has 0 radical (unpaired) electrons. The van der Waals surface area contributed by atoms with Gasteiger partial charge in [-0.25, -0.2) is 17.5 Å². The molecule has 21 heavy (non-hydrogen) atoms. The smallest absolute Gasteiger partial charge is 0.304 e. The van der Waals surface area contributed by atoms with Gasteiger partial charge in [0.1, 0.15) is 5.82 Å². The Hall–Kier alpha value is -1.47. The highest BCUT2D eigenvalue weighted by atomic mass is 32.2. The van der Waals surface area contributed by atoms with E-state index in [0.29, 0.717) is 11.1 Å². The molecule has 0 heterocycles. The van der Waals surface area contributed by atoms with Gasteiger partial charge in [0.25, 0.3) is 0 Å². The minimum Gasteiger partial charge on any atom is -0.481 e. The Labute approximate surface area is 123 Å². The average molecular weight is 315 g/mol. The summed E-state index contributed by atoms with van der Waals surface area (Å²) in [5.74, 6) is -1.47.